The van der Waals surface area contributed by atoms with E-state index in [-0.39, 0.29) is 5.37 Å². The summed E-state index contributed by atoms with van der Waals surface area (Å²) < 4.78 is 7.54. The highest BCUT2D eigenvalue weighted by atomic mass is 32.2. The monoisotopic (exact) mass is 340 g/mol. The first kappa shape index (κ1) is 15.6. The summed E-state index contributed by atoms with van der Waals surface area (Å²) in [7, 11) is 0. The number of benzene rings is 2. The number of thioether (sulfide) groups is 1. The van der Waals surface area contributed by atoms with Gasteiger partial charge in [0.25, 0.3) is 0 Å². The third-order valence-electron chi connectivity index (χ3n) is 4.18. The van der Waals surface area contributed by atoms with Gasteiger partial charge in [-0.15, -0.1) is 5.10 Å². The van der Waals surface area contributed by atoms with Gasteiger partial charge in [0.05, 0.1) is 18.7 Å². The van der Waals surface area contributed by atoms with Gasteiger partial charge in [0.1, 0.15) is 10.9 Å². The third-order valence-corrected chi connectivity index (χ3v) is 5.35. The number of para-hydroxylation sites is 1. The van der Waals surface area contributed by atoms with Crippen LogP contribution in [0.3, 0.4) is 0 Å². The number of nitrogens with zero attached hydrogens (tertiary/aromatic N) is 4. The van der Waals surface area contributed by atoms with Gasteiger partial charge in [-0.25, -0.2) is 4.68 Å². The van der Waals surface area contributed by atoms with Crippen molar-refractivity contribution in [2.24, 2.45) is 0 Å². The number of rotatable bonds is 5. The van der Waals surface area contributed by atoms with Crippen molar-refractivity contribution >= 4 is 22.8 Å². The topological polar surface area (TPSA) is 43.2 Å². The average Bonchev–Trinajstić information content (AvgIpc) is 3.07. The molecule has 0 N–H and O–H groups in total. The molecule has 0 radical (unpaired) electrons. The van der Waals surface area contributed by atoms with E-state index in [4.69, 9.17) is 4.74 Å². The Kier molecular flexibility index (Phi) is 4.78. The summed E-state index contributed by atoms with van der Waals surface area (Å²) in [6, 6.07) is 18.6. The lowest BCUT2D eigenvalue weighted by Gasteiger charge is -2.30. The summed E-state index contributed by atoms with van der Waals surface area (Å²) in [4.78, 5) is 3.69. The van der Waals surface area contributed by atoms with Gasteiger partial charge in [-0.2, -0.15) is 0 Å². The Morgan fingerprint density at radius 1 is 1.00 bits per heavy atom. The van der Waals surface area contributed by atoms with Crippen LogP contribution >= 0.6 is 11.8 Å². The van der Waals surface area contributed by atoms with Crippen LogP contribution in [-0.4, -0.2) is 52.7 Å². The van der Waals surface area contributed by atoms with Crippen molar-refractivity contribution < 1.29 is 4.74 Å². The lowest BCUT2D eigenvalue weighted by Crippen LogP contribution is -2.39. The maximum atomic E-state index is 5.48. The highest BCUT2D eigenvalue weighted by molar-refractivity contribution is 7.99. The van der Waals surface area contributed by atoms with Gasteiger partial charge in [0.2, 0.25) is 0 Å². The Bertz CT molecular complexity index is 786. The average molecular weight is 340 g/mol. The number of fused-ring (bicyclic) bond motifs is 1. The zero-order chi connectivity index (χ0) is 16.2. The molecule has 0 amide bonds. The molecule has 1 atom stereocenters. The molecular formula is C18H20N4OS. The maximum absolute atomic E-state index is 5.48. The summed E-state index contributed by atoms with van der Waals surface area (Å²) in [6.45, 7) is 4.48. The van der Waals surface area contributed by atoms with E-state index in [1.165, 1.54) is 4.90 Å². The number of aromatic nitrogens is 3. The van der Waals surface area contributed by atoms with Gasteiger partial charge in [0, 0.05) is 24.5 Å². The van der Waals surface area contributed by atoms with Gasteiger partial charge in [-0.05, 0) is 24.3 Å². The predicted molar refractivity (Wildman–Crippen MR) is 96.1 cm³/mol. The minimum absolute atomic E-state index is 0.179. The van der Waals surface area contributed by atoms with E-state index < -0.39 is 0 Å². The maximum Gasteiger partial charge on any atom is 0.117 e. The Morgan fingerprint density at radius 2 is 1.75 bits per heavy atom. The van der Waals surface area contributed by atoms with Crippen LogP contribution in [-0.2, 0) is 4.74 Å². The van der Waals surface area contributed by atoms with Crippen molar-refractivity contribution in [3.05, 3.63) is 54.6 Å². The quantitative estimate of drug-likeness (QED) is 0.668. The molecule has 5 nitrogen and oxygen atoms in total. The largest absolute Gasteiger partial charge is 0.379 e. The van der Waals surface area contributed by atoms with Crippen molar-refractivity contribution in [1.29, 1.82) is 0 Å². The number of ether oxygens (including phenoxy) is 1. The molecule has 4 rings (SSSR count). The lowest BCUT2D eigenvalue weighted by atomic mass is 10.3. The fourth-order valence-electron chi connectivity index (χ4n) is 2.93. The van der Waals surface area contributed by atoms with Crippen LogP contribution < -0.4 is 0 Å². The molecule has 6 heteroatoms. The van der Waals surface area contributed by atoms with Crippen LogP contribution in [0.5, 0.6) is 0 Å². The molecule has 1 aromatic heterocycles. The molecule has 24 heavy (non-hydrogen) atoms. The standard InChI is InChI=1S/C18H20N4OS/c1-2-6-15(7-3-1)24-18(14-21-10-12-23-13-11-21)22-17-9-5-4-8-16(17)19-20-22/h1-9,18H,10-14H2. The molecule has 124 valence electrons. The van der Waals surface area contributed by atoms with Crippen molar-refractivity contribution in [3.8, 4) is 0 Å². The van der Waals surface area contributed by atoms with Crippen molar-refractivity contribution in [1.82, 2.24) is 19.9 Å². The van der Waals surface area contributed by atoms with E-state index in [0.29, 0.717) is 0 Å². The van der Waals surface area contributed by atoms with E-state index in [0.717, 1.165) is 43.9 Å². The van der Waals surface area contributed by atoms with Crippen molar-refractivity contribution in [2.45, 2.75) is 10.3 Å². The molecule has 0 aliphatic carbocycles. The van der Waals surface area contributed by atoms with E-state index in [2.05, 4.69) is 50.2 Å². The highest BCUT2D eigenvalue weighted by Crippen LogP contribution is 2.33. The summed E-state index contributed by atoms with van der Waals surface area (Å²) in [5, 5.41) is 8.95. The SMILES string of the molecule is c1ccc(SC(CN2CCOCC2)n2nnc3ccccc32)cc1. The van der Waals surface area contributed by atoms with E-state index in [1.807, 2.05) is 36.0 Å². The van der Waals surface area contributed by atoms with Crippen LogP contribution in [0, 0.1) is 0 Å². The predicted octanol–water partition coefficient (Wildman–Crippen LogP) is 3.05. The molecule has 0 saturated carbocycles. The van der Waals surface area contributed by atoms with Crippen LogP contribution in [0.2, 0.25) is 0 Å². The molecule has 0 spiro atoms. The van der Waals surface area contributed by atoms with Crippen LogP contribution in [0.1, 0.15) is 5.37 Å². The fourth-order valence-corrected chi connectivity index (χ4v) is 4.09. The first-order valence-corrected chi connectivity index (χ1v) is 9.10. The molecular weight excluding hydrogens is 320 g/mol. The van der Waals surface area contributed by atoms with E-state index in [9.17, 15) is 0 Å². The molecule has 3 aromatic rings. The first-order chi connectivity index (χ1) is 11.9. The van der Waals surface area contributed by atoms with Gasteiger partial charge in [0.15, 0.2) is 0 Å². The molecule has 0 bridgehead atoms. The second kappa shape index (κ2) is 7.34. The van der Waals surface area contributed by atoms with Crippen molar-refractivity contribution in [3.63, 3.8) is 0 Å². The van der Waals surface area contributed by atoms with Gasteiger partial charge >= 0.3 is 0 Å². The number of hydrogen-bond acceptors (Lipinski definition) is 5. The van der Waals surface area contributed by atoms with Crippen LogP contribution in [0.15, 0.2) is 59.5 Å². The Morgan fingerprint density at radius 3 is 2.58 bits per heavy atom. The van der Waals surface area contributed by atoms with Gasteiger partial charge in [-0.3, -0.25) is 4.90 Å². The molecule has 1 unspecified atom stereocenters. The first-order valence-electron chi connectivity index (χ1n) is 8.22. The molecule has 1 aliphatic heterocycles. The number of morpholine rings is 1. The number of hydrogen-bond donors (Lipinski definition) is 0. The lowest BCUT2D eigenvalue weighted by molar-refractivity contribution is 0.0356. The third kappa shape index (κ3) is 3.45. The summed E-state index contributed by atoms with van der Waals surface area (Å²) in [5.41, 5.74) is 2.03. The zero-order valence-corrected chi connectivity index (χ0v) is 14.2. The minimum Gasteiger partial charge on any atom is -0.379 e. The highest BCUT2D eigenvalue weighted by Gasteiger charge is 2.22. The Balaban J connectivity index is 1.63. The van der Waals surface area contributed by atoms with Gasteiger partial charge < -0.3 is 4.74 Å². The Labute approximate surface area is 145 Å². The molecule has 1 fully saturated rings. The smallest absolute Gasteiger partial charge is 0.117 e. The Hall–Kier alpha value is -1.89. The molecule has 1 aliphatic rings. The van der Waals surface area contributed by atoms with Gasteiger partial charge in [-0.1, -0.05) is 47.3 Å². The van der Waals surface area contributed by atoms with Crippen LogP contribution in [0.4, 0.5) is 0 Å². The second-order valence-corrected chi connectivity index (χ2v) is 7.07. The molecule has 2 heterocycles. The zero-order valence-electron chi connectivity index (χ0n) is 13.4. The van der Waals surface area contributed by atoms with Crippen LogP contribution in [0.25, 0.3) is 11.0 Å². The van der Waals surface area contributed by atoms with E-state index >= 15 is 0 Å². The molecule has 2 aromatic carbocycles. The second-order valence-electron chi connectivity index (χ2n) is 5.82. The summed E-state index contributed by atoms with van der Waals surface area (Å²) in [5.74, 6) is 0. The summed E-state index contributed by atoms with van der Waals surface area (Å²) in [6.07, 6.45) is 0. The van der Waals surface area contributed by atoms with E-state index in [1.54, 1.807) is 0 Å². The minimum atomic E-state index is 0.179. The normalized spacial score (nSPS) is 17.2. The summed E-state index contributed by atoms with van der Waals surface area (Å²) >= 11 is 1.83. The molecule has 1 saturated heterocycles. The fraction of sp³-hybridized carbons (Fsp3) is 0.333. The van der Waals surface area contributed by atoms with Crippen molar-refractivity contribution in [2.75, 3.05) is 32.8 Å².